The molecule has 2 amide bonds. The van der Waals surface area contributed by atoms with E-state index in [4.69, 9.17) is 9.47 Å². The largest absolute Gasteiger partial charge is 0.493 e. The first kappa shape index (κ1) is 22.5. The highest BCUT2D eigenvalue weighted by atomic mass is 16.5. The SMILES string of the molecule is CC[C@H](C)NC(=O)/C(C#N)=C/c1ccc(OCC(=O)Nc2ccccc2)c(OC)c1. The third kappa shape index (κ3) is 6.67. The van der Waals surface area contributed by atoms with Crippen LogP contribution in [0.2, 0.25) is 0 Å². The van der Waals surface area contributed by atoms with Crippen molar-refractivity contribution in [3.63, 3.8) is 0 Å². The van der Waals surface area contributed by atoms with Crippen LogP contribution in [0.25, 0.3) is 6.08 Å². The Kier molecular flexibility index (Phi) is 8.45. The number of hydrogen-bond acceptors (Lipinski definition) is 5. The molecule has 30 heavy (non-hydrogen) atoms. The maximum Gasteiger partial charge on any atom is 0.262 e. The van der Waals surface area contributed by atoms with E-state index in [0.29, 0.717) is 22.7 Å². The summed E-state index contributed by atoms with van der Waals surface area (Å²) in [5.74, 6) is 0.0285. The van der Waals surface area contributed by atoms with Crippen molar-refractivity contribution < 1.29 is 19.1 Å². The third-order valence-electron chi connectivity index (χ3n) is 4.27. The molecule has 0 aliphatic heterocycles. The van der Waals surface area contributed by atoms with Gasteiger partial charge in [-0.25, -0.2) is 0 Å². The number of rotatable bonds is 9. The van der Waals surface area contributed by atoms with Crippen molar-refractivity contribution >= 4 is 23.6 Å². The number of nitrogens with one attached hydrogen (secondary N) is 2. The van der Waals surface area contributed by atoms with Gasteiger partial charge in [-0.05, 0) is 49.2 Å². The maximum atomic E-state index is 12.2. The average Bonchev–Trinajstić information content (AvgIpc) is 2.76. The first-order chi connectivity index (χ1) is 14.5. The zero-order chi connectivity index (χ0) is 21.9. The predicted octanol–water partition coefficient (Wildman–Crippen LogP) is 3.53. The molecule has 7 heteroatoms. The Hall–Kier alpha value is -3.79. The van der Waals surface area contributed by atoms with Crippen molar-refractivity contribution in [3.8, 4) is 17.6 Å². The van der Waals surface area contributed by atoms with E-state index in [0.717, 1.165) is 6.42 Å². The minimum atomic E-state index is -0.427. The van der Waals surface area contributed by atoms with Gasteiger partial charge >= 0.3 is 0 Å². The lowest BCUT2D eigenvalue weighted by Crippen LogP contribution is -2.32. The van der Waals surface area contributed by atoms with E-state index < -0.39 is 5.91 Å². The van der Waals surface area contributed by atoms with Crippen LogP contribution < -0.4 is 20.1 Å². The highest BCUT2D eigenvalue weighted by Gasteiger charge is 2.13. The number of hydrogen-bond donors (Lipinski definition) is 2. The number of nitrogens with zero attached hydrogens (tertiary/aromatic N) is 1. The van der Waals surface area contributed by atoms with Gasteiger partial charge in [-0.3, -0.25) is 9.59 Å². The lowest BCUT2D eigenvalue weighted by molar-refractivity contribution is -0.118. The predicted molar refractivity (Wildman–Crippen MR) is 115 cm³/mol. The topological polar surface area (TPSA) is 100 Å². The summed E-state index contributed by atoms with van der Waals surface area (Å²) in [7, 11) is 1.47. The van der Waals surface area contributed by atoms with Crippen LogP contribution in [0.1, 0.15) is 25.8 Å². The number of anilines is 1. The molecule has 0 bridgehead atoms. The zero-order valence-corrected chi connectivity index (χ0v) is 17.3. The van der Waals surface area contributed by atoms with E-state index in [1.807, 2.05) is 38.1 Å². The Balaban J connectivity index is 2.07. The van der Waals surface area contributed by atoms with Crippen LogP contribution in [-0.4, -0.2) is 31.6 Å². The van der Waals surface area contributed by atoms with E-state index in [-0.39, 0.29) is 24.1 Å². The van der Waals surface area contributed by atoms with Gasteiger partial charge in [-0.15, -0.1) is 0 Å². The van der Waals surface area contributed by atoms with Crippen LogP contribution in [-0.2, 0) is 9.59 Å². The number of carbonyl (C=O) groups excluding carboxylic acids is 2. The van der Waals surface area contributed by atoms with Crippen LogP contribution in [0, 0.1) is 11.3 Å². The number of ether oxygens (including phenoxy) is 2. The molecule has 0 aliphatic rings. The first-order valence-electron chi connectivity index (χ1n) is 9.55. The van der Waals surface area contributed by atoms with Crippen LogP contribution in [0.5, 0.6) is 11.5 Å². The molecule has 0 heterocycles. The molecule has 0 radical (unpaired) electrons. The van der Waals surface area contributed by atoms with Crippen molar-refractivity contribution in [2.75, 3.05) is 19.0 Å². The Morgan fingerprint density at radius 2 is 1.90 bits per heavy atom. The fraction of sp³-hybridized carbons (Fsp3) is 0.261. The maximum absolute atomic E-state index is 12.2. The first-order valence-corrected chi connectivity index (χ1v) is 9.55. The van der Waals surface area contributed by atoms with Crippen molar-refractivity contribution in [1.82, 2.24) is 5.32 Å². The Bertz CT molecular complexity index is 949. The molecule has 7 nitrogen and oxygen atoms in total. The molecule has 156 valence electrons. The van der Waals surface area contributed by atoms with Crippen molar-refractivity contribution in [2.24, 2.45) is 0 Å². The average molecular weight is 407 g/mol. The molecule has 2 N–H and O–H groups in total. The van der Waals surface area contributed by atoms with Crippen LogP contribution in [0.4, 0.5) is 5.69 Å². The van der Waals surface area contributed by atoms with Gasteiger partial charge in [0.25, 0.3) is 11.8 Å². The van der Waals surface area contributed by atoms with Crippen molar-refractivity contribution in [3.05, 3.63) is 59.7 Å². The molecule has 2 aromatic carbocycles. The summed E-state index contributed by atoms with van der Waals surface area (Å²) in [6, 6.07) is 15.9. The van der Waals surface area contributed by atoms with Gasteiger partial charge in [-0.1, -0.05) is 31.2 Å². The summed E-state index contributed by atoms with van der Waals surface area (Å²) in [4.78, 5) is 24.3. The van der Waals surface area contributed by atoms with Gasteiger partial charge in [-0.2, -0.15) is 5.26 Å². The number of methoxy groups -OCH3 is 1. The van der Waals surface area contributed by atoms with E-state index in [1.165, 1.54) is 13.2 Å². The summed E-state index contributed by atoms with van der Waals surface area (Å²) in [6.45, 7) is 3.63. The summed E-state index contributed by atoms with van der Waals surface area (Å²) < 4.78 is 10.9. The molecule has 2 aromatic rings. The normalized spacial score (nSPS) is 11.7. The minimum Gasteiger partial charge on any atom is -0.493 e. The Morgan fingerprint density at radius 1 is 1.17 bits per heavy atom. The molecule has 0 unspecified atom stereocenters. The molecular weight excluding hydrogens is 382 g/mol. The van der Waals surface area contributed by atoms with Gasteiger partial charge < -0.3 is 20.1 Å². The quantitative estimate of drug-likeness (QED) is 0.489. The number of benzene rings is 2. The van der Waals surface area contributed by atoms with Gasteiger partial charge in [0.15, 0.2) is 18.1 Å². The smallest absolute Gasteiger partial charge is 0.262 e. The second-order valence-corrected chi connectivity index (χ2v) is 6.57. The monoisotopic (exact) mass is 407 g/mol. The van der Waals surface area contributed by atoms with E-state index in [1.54, 1.807) is 30.3 Å². The molecule has 0 saturated carbocycles. The fourth-order valence-corrected chi connectivity index (χ4v) is 2.47. The summed E-state index contributed by atoms with van der Waals surface area (Å²) >= 11 is 0. The van der Waals surface area contributed by atoms with Crippen molar-refractivity contribution in [2.45, 2.75) is 26.3 Å². The fourth-order valence-electron chi connectivity index (χ4n) is 2.47. The molecular formula is C23H25N3O4. The Morgan fingerprint density at radius 3 is 2.53 bits per heavy atom. The van der Waals surface area contributed by atoms with Gasteiger partial charge in [0.2, 0.25) is 0 Å². The number of amides is 2. The van der Waals surface area contributed by atoms with Crippen LogP contribution in [0.15, 0.2) is 54.1 Å². The zero-order valence-electron chi connectivity index (χ0n) is 17.3. The second kappa shape index (κ2) is 11.3. The van der Waals surface area contributed by atoms with E-state index >= 15 is 0 Å². The molecule has 2 rings (SSSR count). The lowest BCUT2D eigenvalue weighted by Gasteiger charge is -2.12. The van der Waals surface area contributed by atoms with E-state index in [9.17, 15) is 14.9 Å². The highest BCUT2D eigenvalue weighted by molar-refractivity contribution is 6.01. The molecule has 0 spiro atoms. The number of carbonyl (C=O) groups is 2. The molecule has 0 aromatic heterocycles. The highest BCUT2D eigenvalue weighted by Crippen LogP contribution is 2.29. The molecule has 0 aliphatic carbocycles. The summed E-state index contributed by atoms with van der Waals surface area (Å²) in [6.07, 6.45) is 2.24. The van der Waals surface area contributed by atoms with Crippen LogP contribution >= 0.6 is 0 Å². The molecule has 1 atom stereocenters. The van der Waals surface area contributed by atoms with Gasteiger partial charge in [0, 0.05) is 11.7 Å². The van der Waals surface area contributed by atoms with Gasteiger partial charge in [0.05, 0.1) is 7.11 Å². The Labute approximate surface area is 176 Å². The molecule has 0 fully saturated rings. The lowest BCUT2D eigenvalue weighted by atomic mass is 10.1. The number of nitriles is 1. The molecule has 0 saturated heterocycles. The van der Waals surface area contributed by atoms with Gasteiger partial charge in [0.1, 0.15) is 11.6 Å². The van der Waals surface area contributed by atoms with Crippen molar-refractivity contribution in [1.29, 1.82) is 5.26 Å². The van der Waals surface area contributed by atoms with Crippen LogP contribution in [0.3, 0.4) is 0 Å². The third-order valence-corrected chi connectivity index (χ3v) is 4.27. The summed E-state index contributed by atoms with van der Waals surface area (Å²) in [5.41, 5.74) is 1.27. The van der Waals surface area contributed by atoms with E-state index in [2.05, 4.69) is 10.6 Å². The second-order valence-electron chi connectivity index (χ2n) is 6.57. The standard InChI is InChI=1S/C23H25N3O4/c1-4-16(2)25-23(28)18(14-24)12-17-10-11-20(21(13-17)29-3)30-15-22(27)26-19-8-6-5-7-9-19/h5-13,16H,4,15H2,1-3H3,(H,25,28)(H,26,27)/b18-12+/t16-/m0/s1. The summed E-state index contributed by atoms with van der Waals surface area (Å²) in [5, 5.41) is 14.8. The number of para-hydroxylation sites is 1. The minimum absolute atomic E-state index is 0.00624.